The molecule has 1 aliphatic rings. The normalized spacial score (nSPS) is 23.1. The lowest BCUT2D eigenvalue weighted by molar-refractivity contribution is 0.307. The molecule has 1 fully saturated rings. The molecule has 2 unspecified atom stereocenters. The fourth-order valence-corrected chi connectivity index (χ4v) is 2.74. The summed E-state index contributed by atoms with van der Waals surface area (Å²) in [6.07, 6.45) is 7.47. The Bertz CT molecular complexity index is 422. The van der Waals surface area contributed by atoms with Gasteiger partial charge in [0.2, 0.25) is 5.88 Å². The second kappa shape index (κ2) is 7.36. The summed E-state index contributed by atoms with van der Waals surface area (Å²) < 4.78 is 5.59. The van der Waals surface area contributed by atoms with Crippen molar-refractivity contribution in [1.29, 1.82) is 0 Å². The SMILES string of the molecule is CCCOc1nc(NC2CCCCCC2C)ccc1N. The minimum Gasteiger partial charge on any atom is -0.476 e. The molecule has 0 spiro atoms. The Labute approximate surface area is 122 Å². The van der Waals surface area contributed by atoms with Crippen molar-refractivity contribution in [2.24, 2.45) is 5.92 Å². The van der Waals surface area contributed by atoms with Gasteiger partial charge in [0.1, 0.15) is 5.82 Å². The van der Waals surface area contributed by atoms with Crippen molar-refractivity contribution in [2.45, 2.75) is 58.4 Å². The van der Waals surface area contributed by atoms with E-state index in [0.29, 0.717) is 30.1 Å². The minimum absolute atomic E-state index is 0.507. The van der Waals surface area contributed by atoms with Crippen LogP contribution < -0.4 is 15.8 Å². The number of ether oxygens (including phenoxy) is 1. The number of nitrogens with one attached hydrogen (secondary N) is 1. The molecule has 2 atom stereocenters. The van der Waals surface area contributed by atoms with Crippen molar-refractivity contribution < 1.29 is 4.74 Å². The fourth-order valence-electron chi connectivity index (χ4n) is 2.74. The molecule has 0 aromatic carbocycles. The summed E-state index contributed by atoms with van der Waals surface area (Å²) in [7, 11) is 0. The lowest BCUT2D eigenvalue weighted by Crippen LogP contribution is -2.26. The predicted octanol–water partition coefficient (Wildman–Crippen LogP) is 3.83. The smallest absolute Gasteiger partial charge is 0.239 e. The van der Waals surface area contributed by atoms with Crippen LogP contribution >= 0.6 is 0 Å². The van der Waals surface area contributed by atoms with Crippen LogP contribution in [0.15, 0.2) is 12.1 Å². The Morgan fingerprint density at radius 1 is 1.30 bits per heavy atom. The highest BCUT2D eigenvalue weighted by molar-refractivity contribution is 5.53. The van der Waals surface area contributed by atoms with Gasteiger partial charge in [0.25, 0.3) is 0 Å². The topological polar surface area (TPSA) is 60.2 Å². The minimum atomic E-state index is 0.507. The predicted molar refractivity (Wildman–Crippen MR) is 84.1 cm³/mol. The Morgan fingerprint density at radius 2 is 2.10 bits per heavy atom. The van der Waals surface area contributed by atoms with E-state index < -0.39 is 0 Å². The maximum absolute atomic E-state index is 5.90. The van der Waals surface area contributed by atoms with Crippen LogP contribution in [0, 0.1) is 5.92 Å². The van der Waals surface area contributed by atoms with E-state index in [1.165, 1.54) is 32.1 Å². The molecule has 4 nitrogen and oxygen atoms in total. The third-order valence-corrected chi connectivity index (χ3v) is 4.03. The summed E-state index contributed by atoms with van der Waals surface area (Å²) >= 11 is 0. The van der Waals surface area contributed by atoms with Crippen LogP contribution in [-0.4, -0.2) is 17.6 Å². The summed E-state index contributed by atoms with van der Waals surface area (Å²) in [6, 6.07) is 4.33. The van der Waals surface area contributed by atoms with Crippen LogP contribution in [0.5, 0.6) is 5.88 Å². The van der Waals surface area contributed by atoms with E-state index in [1.807, 2.05) is 12.1 Å². The molecule has 1 saturated carbocycles. The van der Waals surface area contributed by atoms with Crippen LogP contribution in [0.4, 0.5) is 11.5 Å². The van der Waals surface area contributed by atoms with Crippen molar-refractivity contribution in [2.75, 3.05) is 17.7 Å². The van der Waals surface area contributed by atoms with Crippen LogP contribution in [0.2, 0.25) is 0 Å². The van der Waals surface area contributed by atoms with Gasteiger partial charge >= 0.3 is 0 Å². The van der Waals surface area contributed by atoms with E-state index in [2.05, 4.69) is 24.1 Å². The molecule has 0 aliphatic heterocycles. The highest BCUT2D eigenvalue weighted by Crippen LogP contribution is 2.27. The first-order valence-corrected chi connectivity index (χ1v) is 7.86. The van der Waals surface area contributed by atoms with Crippen molar-refractivity contribution in [3.63, 3.8) is 0 Å². The van der Waals surface area contributed by atoms with Gasteiger partial charge in [0.15, 0.2) is 0 Å². The summed E-state index contributed by atoms with van der Waals surface area (Å²) in [6.45, 7) is 5.06. The lowest BCUT2D eigenvalue weighted by atomic mass is 9.97. The lowest BCUT2D eigenvalue weighted by Gasteiger charge is -2.23. The zero-order chi connectivity index (χ0) is 14.4. The van der Waals surface area contributed by atoms with Gasteiger partial charge in [-0.3, -0.25) is 0 Å². The van der Waals surface area contributed by atoms with Gasteiger partial charge < -0.3 is 15.8 Å². The summed E-state index contributed by atoms with van der Waals surface area (Å²) in [5.74, 6) is 2.12. The van der Waals surface area contributed by atoms with Crippen molar-refractivity contribution >= 4 is 11.5 Å². The van der Waals surface area contributed by atoms with E-state index in [-0.39, 0.29) is 0 Å². The molecule has 1 aromatic heterocycles. The Kier molecular flexibility index (Phi) is 5.50. The van der Waals surface area contributed by atoms with E-state index in [9.17, 15) is 0 Å². The zero-order valence-corrected chi connectivity index (χ0v) is 12.7. The number of hydrogen-bond acceptors (Lipinski definition) is 4. The van der Waals surface area contributed by atoms with E-state index >= 15 is 0 Å². The second-order valence-corrected chi connectivity index (χ2v) is 5.81. The molecule has 1 aliphatic carbocycles. The van der Waals surface area contributed by atoms with Gasteiger partial charge in [-0.05, 0) is 37.3 Å². The molecule has 112 valence electrons. The molecule has 20 heavy (non-hydrogen) atoms. The van der Waals surface area contributed by atoms with Crippen molar-refractivity contribution in [1.82, 2.24) is 4.98 Å². The van der Waals surface area contributed by atoms with Crippen LogP contribution in [0.3, 0.4) is 0 Å². The third kappa shape index (κ3) is 4.02. The van der Waals surface area contributed by atoms with Gasteiger partial charge in [0.05, 0.1) is 12.3 Å². The number of hydrogen-bond donors (Lipinski definition) is 2. The Morgan fingerprint density at radius 3 is 2.90 bits per heavy atom. The molecule has 0 amide bonds. The maximum Gasteiger partial charge on any atom is 0.239 e. The largest absolute Gasteiger partial charge is 0.476 e. The number of anilines is 2. The quantitative estimate of drug-likeness (QED) is 0.803. The average molecular weight is 277 g/mol. The van der Waals surface area contributed by atoms with Gasteiger partial charge in [-0.15, -0.1) is 0 Å². The van der Waals surface area contributed by atoms with Crippen molar-refractivity contribution in [3.8, 4) is 5.88 Å². The first-order chi connectivity index (χ1) is 9.70. The number of nitrogens with two attached hydrogens (primary N) is 1. The van der Waals surface area contributed by atoms with E-state index in [0.717, 1.165) is 12.2 Å². The molecule has 1 aromatic rings. The molecule has 4 heteroatoms. The van der Waals surface area contributed by atoms with Crippen molar-refractivity contribution in [3.05, 3.63) is 12.1 Å². The van der Waals surface area contributed by atoms with Gasteiger partial charge in [-0.2, -0.15) is 4.98 Å². The Balaban J connectivity index is 2.04. The van der Waals surface area contributed by atoms with Crippen LogP contribution in [-0.2, 0) is 0 Å². The van der Waals surface area contributed by atoms with Crippen LogP contribution in [0.25, 0.3) is 0 Å². The first-order valence-electron chi connectivity index (χ1n) is 7.86. The highest BCUT2D eigenvalue weighted by Gasteiger charge is 2.20. The van der Waals surface area contributed by atoms with E-state index in [1.54, 1.807) is 0 Å². The Hall–Kier alpha value is -1.45. The molecular weight excluding hydrogens is 250 g/mol. The number of nitrogen functional groups attached to an aromatic ring is 1. The number of nitrogens with zero attached hydrogens (tertiary/aromatic N) is 1. The fraction of sp³-hybridized carbons (Fsp3) is 0.688. The molecule has 0 saturated heterocycles. The third-order valence-electron chi connectivity index (χ3n) is 4.03. The molecular formula is C16H27N3O. The number of aromatic nitrogens is 1. The molecule has 2 rings (SSSR count). The molecule has 1 heterocycles. The maximum atomic E-state index is 5.90. The average Bonchev–Trinajstić information content (AvgIpc) is 2.65. The highest BCUT2D eigenvalue weighted by atomic mass is 16.5. The standard InChI is InChI=1S/C16H27N3O/c1-3-11-20-16-13(17)9-10-15(19-16)18-14-8-6-4-5-7-12(14)2/h9-10,12,14H,3-8,11,17H2,1-2H3,(H,18,19). The second-order valence-electron chi connectivity index (χ2n) is 5.81. The summed E-state index contributed by atoms with van der Waals surface area (Å²) in [5, 5.41) is 3.57. The van der Waals surface area contributed by atoms with Gasteiger partial charge in [-0.25, -0.2) is 0 Å². The molecule has 0 bridgehead atoms. The molecule has 0 radical (unpaired) electrons. The monoisotopic (exact) mass is 277 g/mol. The first kappa shape index (κ1) is 14.9. The molecule has 3 N–H and O–H groups in total. The van der Waals surface area contributed by atoms with Gasteiger partial charge in [-0.1, -0.05) is 33.1 Å². The van der Waals surface area contributed by atoms with Crippen LogP contribution in [0.1, 0.15) is 52.4 Å². The van der Waals surface area contributed by atoms with E-state index in [4.69, 9.17) is 10.5 Å². The number of rotatable bonds is 5. The summed E-state index contributed by atoms with van der Waals surface area (Å²) in [4.78, 5) is 4.51. The number of pyridine rings is 1. The van der Waals surface area contributed by atoms with Gasteiger partial charge in [0, 0.05) is 6.04 Å². The zero-order valence-electron chi connectivity index (χ0n) is 12.7. The summed E-state index contributed by atoms with van der Waals surface area (Å²) in [5.41, 5.74) is 6.51.